The van der Waals surface area contributed by atoms with Crippen LogP contribution in [0.1, 0.15) is 44.3 Å². The van der Waals surface area contributed by atoms with Gasteiger partial charge in [-0.05, 0) is 50.6 Å². The van der Waals surface area contributed by atoms with Crippen LogP contribution in [0.15, 0.2) is 84.0 Å². The molecule has 1 aliphatic heterocycles. The third-order valence-corrected chi connectivity index (χ3v) is 6.78. The zero-order chi connectivity index (χ0) is 28.7. The molecule has 1 heterocycles. The van der Waals surface area contributed by atoms with Crippen molar-refractivity contribution < 1.29 is 33.7 Å². The van der Waals surface area contributed by atoms with E-state index in [9.17, 15) is 20.1 Å². The molecule has 0 radical (unpaired) electrons. The largest absolute Gasteiger partial charge is 0.459 e. The summed E-state index contributed by atoms with van der Waals surface area (Å²) in [6, 6.07) is 24.8. The van der Waals surface area contributed by atoms with Gasteiger partial charge in [0, 0.05) is 0 Å². The molecular weight excluding hydrogens is 512 g/mol. The summed E-state index contributed by atoms with van der Waals surface area (Å²) in [5.41, 5.74) is 1.54. The van der Waals surface area contributed by atoms with Crippen LogP contribution >= 0.6 is 0 Å². The van der Waals surface area contributed by atoms with Crippen LogP contribution in [-0.2, 0) is 25.6 Å². The van der Waals surface area contributed by atoms with Crippen LogP contribution in [-0.4, -0.2) is 53.4 Å². The lowest BCUT2D eigenvalue weighted by Gasteiger charge is -2.34. The second-order valence-corrected chi connectivity index (χ2v) is 9.77. The van der Waals surface area contributed by atoms with Crippen LogP contribution in [0.5, 0.6) is 0 Å². The van der Waals surface area contributed by atoms with Crippen molar-refractivity contribution in [1.82, 2.24) is 0 Å². The number of ether oxygens (including phenoxy) is 4. The van der Waals surface area contributed by atoms with Crippen molar-refractivity contribution in [2.45, 2.75) is 51.3 Å². The maximum absolute atomic E-state index is 13.2. The van der Waals surface area contributed by atoms with Gasteiger partial charge < -0.3 is 24.2 Å². The standard InChI is InChI=1S/C31H30N2O7/c1-20-9-13-23(14-10-20)29(34)37-19-26-28(40-30(35)24-15-11-21(2)12-16-24)31(3,27(39-26)25(17-32)33-36)38-18-22-7-5-4-6-8-22/h4-16,26-28,36H,18-19H2,1-3H3/t26?,27-,28+,31-/m0/s1. The molecule has 206 valence electrons. The molecule has 0 amide bonds. The molecule has 3 aromatic carbocycles. The van der Waals surface area contributed by atoms with Crippen LogP contribution in [0.25, 0.3) is 0 Å². The van der Waals surface area contributed by atoms with Gasteiger partial charge in [-0.25, -0.2) is 9.59 Å². The van der Waals surface area contributed by atoms with Crippen molar-refractivity contribution in [1.29, 1.82) is 5.26 Å². The van der Waals surface area contributed by atoms with E-state index in [1.807, 2.05) is 50.2 Å². The van der Waals surface area contributed by atoms with E-state index in [-0.39, 0.29) is 18.9 Å². The predicted molar refractivity (Wildman–Crippen MR) is 145 cm³/mol. The number of nitriles is 1. The number of rotatable bonds is 9. The van der Waals surface area contributed by atoms with Crippen LogP contribution in [0.3, 0.4) is 0 Å². The predicted octanol–water partition coefficient (Wildman–Crippen LogP) is 4.78. The molecule has 3 aromatic rings. The van der Waals surface area contributed by atoms with Crippen molar-refractivity contribution in [3.8, 4) is 6.07 Å². The van der Waals surface area contributed by atoms with Gasteiger partial charge in [-0.1, -0.05) is 70.9 Å². The fourth-order valence-corrected chi connectivity index (χ4v) is 4.46. The lowest BCUT2D eigenvalue weighted by atomic mass is 9.89. The molecule has 0 aromatic heterocycles. The Morgan fingerprint density at radius 3 is 2.08 bits per heavy atom. The Morgan fingerprint density at radius 2 is 1.52 bits per heavy atom. The van der Waals surface area contributed by atoms with Crippen LogP contribution in [0.2, 0.25) is 0 Å². The number of aryl methyl sites for hydroxylation is 2. The first kappa shape index (κ1) is 28.5. The van der Waals surface area contributed by atoms with Crippen LogP contribution in [0, 0.1) is 25.2 Å². The summed E-state index contributed by atoms with van der Waals surface area (Å²) in [5, 5.41) is 22.4. The summed E-state index contributed by atoms with van der Waals surface area (Å²) in [6.45, 7) is 5.17. The van der Waals surface area contributed by atoms with Gasteiger partial charge in [0.25, 0.3) is 0 Å². The van der Waals surface area contributed by atoms with Gasteiger partial charge in [-0.15, -0.1) is 0 Å². The molecular formula is C31H30N2O7. The number of oxime groups is 1. The van der Waals surface area contributed by atoms with E-state index in [0.717, 1.165) is 16.7 Å². The summed E-state index contributed by atoms with van der Waals surface area (Å²) < 4.78 is 23.9. The second kappa shape index (κ2) is 12.6. The Labute approximate surface area is 232 Å². The highest BCUT2D eigenvalue weighted by molar-refractivity contribution is 6.02. The summed E-state index contributed by atoms with van der Waals surface area (Å²) in [7, 11) is 0. The van der Waals surface area contributed by atoms with E-state index < -0.39 is 35.9 Å². The maximum atomic E-state index is 13.2. The molecule has 9 nitrogen and oxygen atoms in total. The smallest absolute Gasteiger partial charge is 0.338 e. The molecule has 1 fully saturated rings. The van der Waals surface area contributed by atoms with Gasteiger partial charge in [-0.3, -0.25) is 0 Å². The molecule has 9 heteroatoms. The second-order valence-electron chi connectivity index (χ2n) is 9.77. The minimum atomic E-state index is -1.49. The molecule has 0 aliphatic carbocycles. The molecule has 1 aliphatic rings. The topological polar surface area (TPSA) is 127 Å². The normalized spacial score (nSPS) is 22.4. The Kier molecular flexibility index (Phi) is 8.94. The molecule has 1 N–H and O–H groups in total. The molecule has 0 spiro atoms. The van der Waals surface area contributed by atoms with Gasteiger partial charge in [0.05, 0.1) is 17.7 Å². The van der Waals surface area contributed by atoms with Crippen molar-refractivity contribution in [2.24, 2.45) is 5.16 Å². The number of carbonyl (C=O) groups is 2. The number of benzene rings is 3. The first-order valence-corrected chi connectivity index (χ1v) is 12.7. The van der Waals surface area contributed by atoms with E-state index in [1.54, 1.807) is 55.5 Å². The third-order valence-electron chi connectivity index (χ3n) is 6.78. The Hall–Kier alpha value is -4.52. The Bertz CT molecular complexity index is 1400. The SMILES string of the molecule is Cc1ccc(C(=O)OCC2O[C@@H](C(C#N)=NO)[C@](C)(OCc3ccccc3)[C@@H]2OC(=O)c2ccc(C)cc2)cc1. The van der Waals surface area contributed by atoms with Crippen molar-refractivity contribution in [2.75, 3.05) is 6.61 Å². The number of esters is 2. The fourth-order valence-electron chi connectivity index (χ4n) is 4.46. The zero-order valence-electron chi connectivity index (χ0n) is 22.4. The molecule has 4 atom stereocenters. The lowest BCUT2D eigenvalue weighted by Crippen LogP contribution is -2.52. The first-order valence-electron chi connectivity index (χ1n) is 12.7. The van der Waals surface area contributed by atoms with E-state index in [1.165, 1.54) is 0 Å². The Balaban J connectivity index is 1.65. The summed E-state index contributed by atoms with van der Waals surface area (Å²) in [6.07, 6.45) is -3.42. The maximum Gasteiger partial charge on any atom is 0.338 e. The van der Waals surface area contributed by atoms with Crippen LogP contribution < -0.4 is 0 Å². The highest BCUT2D eigenvalue weighted by Gasteiger charge is 2.59. The monoisotopic (exact) mass is 542 g/mol. The van der Waals surface area contributed by atoms with Gasteiger partial charge in [0.2, 0.25) is 0 Å². The van der Waals surface area contributed by atoms with E-state index in [2.05, 4.69) is 5.16 Å². The third kappa shape index (κ3) is 6.37. The van der Waals surface area contributed by atoms with Gasteiger partial charge >= 0.3 is 11.9 Å². The number of nitrogens with zero attached hydrogens (tertiary/aromatic N) is 2. The van der Waals surface area contributed by atoms with Gasteiger partial charge in [-0.2, -0.15) is 5.26 Å². The van der Waals surface area contributed by atoms with Gasteiger partial charge in [0.1, 0.15) is 30.5 Å². The molecule has 0 bridgehead atoms. The van der Waals surface area contributed by atoms with E-state index >= 15 is 0 Å². The molecule has 4 rings (SSSR count). The number of hydrogen-bond donors (Lipinski definition) is 1. The van der Waals surface area contributed by atoms with E-state index in [4.69, 9.17) is 18.9 Å². The lowest BCUT2D eigenvalue weighted by molar-refractivity contribution is -0.115. The Morgan fingerprint density at radius 1 is 0.950 bits per heavy atom. The molecule has 1 unspecified atom stereocenters. The minimum absolute atomic E-state index is 0.0792. The average Bonchev–Trinajstić information content (AvgIpc) is 3.23. The zero-order valence-corrected chi connectivity index (χ0v) is 22.4. The summed E-state index contributed by atoms with van der Waals surface area (Å²) >= 11 is 0. The average molecular weight is 543 g/mol. The highest BCUT2D eigenvalue weighted by atomic mass is 16.6. The highest BCUT2D eigenvalue weighted by Crippen LogP contribution is 2.39. The number of carbonyl (C=O) groups excluding carboxylic acids is 2. The number of hydrogen-bond acceptors (Lipinski definition) is 9. The fraction of sp³-hybridized carbons (Fsp3) is 0.290. The van der Waals surface area contributed by atoms with Crippen molar-refractivity contribution in [3.63, 3.8) is 0 Å². The molecule has 40 heavy (non-hydrogen) atoms. The van der Waals surface area contributed by atoms with E-state index in [0.29, 0.717) is 11.1 Å². The van der Waals surface area contributed by atoms with Crippen molar-refractivity contribution in [3.05, 3.63) is 107 Å². The summed E-state index contributed by atoms with van der Waals surface area (Å²) in [4.78, 5) is 26.0. The van der Waals surface area contributed by atoms with Crippen molar-refractivity contribution >= 4 is 17.7 Å². The molecule has 1 saturated heterocycles. The summed E-state index contributed by atoms with van der Waals surface area (Å²) in [5.74, 6) is -1.25. The van der Waals surface area contributed by atoms with Gasteiger partial charge in [0.15, 0.2) is 11.8 Å². The quantitative estimate of drug-likeness (QED) is 0.177. The first-order chi connectivity index (χ1) is 19.2. The minimum Gasteiger partial charge on any atom is -0.459 e. The van der Waals surface area contributed by atoms with Crippen LogP contribution in [0.4, 0.5) is 0 Å². The molecule has 0 saturated carbocycles.